The summed E-state index contributed by atoms with van der Waals surface area (Å²) in [6, 6.07) is 16.8. The van der Waals surface area contributed by atoms with Gasteiger partial charge in [0.05, 0.1) is 5.92 Å². The van der Waals surface area contributed by atoms with Crippen LogP contribution in [-0.2, 0) is 17.8 Å². The minimum atomic E-state index is -1.09. The lowest BCUT2D eigenvalue weighted by molar-refractivity contribution is -0.139. The molecule has 0 saturated carbocycles. The van der Waals surface area contributed by atoms with E-state index in [9.17, 15) is 23.5 Å². The van der Waals surface area contributed by atoms with Gasteiger partial charge in [-0.2, -0.15) is 11.8 Å². The molecular weight excluding hydrogens is 546 g/mol. The molecule has 0 bridgehead atoms. The SMILES string of the molecule is CSCC[C@H](NC(=O)c1cc(CNCC(c2ccc(F)cc2)c2ncc[nH]2)ccc1Cc1ccc(F)cc1)C(=O)O. The molecular formula is C31H32F2N4O3S. The van der Waals surface area contributed by atoms with E-state index in [4.69, 9.17) is 0 Å². The molecule has 10 heteroatoms. The van der Waals surface area contributed by atoms with E-state index in [0.717, 1.165) is 22.5 Å². The monoisotopic (exact) mass is 578 g/mol. The summed E-state index contributed by atoms with van der Waals surface area (Å²) < 4.78 is 27.0. The van der Waals surface area contributed by atoms with Gasteiger partial charge in [0.1, 0.15) is 23.5 Å². The third-order valence-electron chi connectivity index (χ3n) is 6.74. The maximum absolute atomic E-state index is 13.5. The molecule has 1 amide bonds. The molecule has 4 N–H and O–H groups in total. The van der Waals surface area contributed by atoms with Crippen LogP contribution in [-0.4, -0.2) is 51.5 Å². The van der Waals surface area contributed by atoms with Crippen LogP contribution in [0.1, 0.15) is 50.8 Å². The van der Waals surface area contributed by atoms with Crippen LogP contribution >= 0.6 is 11.8 Å². The number of benzene rings is 3. The number of aromatic nitrogens is 2. The molecule has 0 spiro atoms. The lowest BCUT2D eigenvalue weighted by Crippen LogP contribution is -2.41. The summed E-state index contributed by atoms with van der Waals surface area (Å²) in [5, 5.41) is 15.7. The fourth-order valence-corrected chi connectivity index (χ4v) is 5.02. The number of aromatic amines is 1. The van der Waals surface area contributed by atoms with Gasteiger partial charge in [-0.05, 0) is 77.4 Å². The molecule has 0 saturated heterocycles. The molecule has 0 aliphatic carbocycles. The van der Waals surface area contributed by atoms with Crippen molar-refractivity contribution in [3.8, 4) is 0 Å². The second-order valence-corrected chi connectivity index (χ2v) is 10.6. The Hall–Kier alpha value is -4.02. The minimum absolute atomic E-state index is 0.154. The highest BCUT2D eigenvalue weighted by Gasteiger charge is 2.22. The number of imidazole rings is 1. The summed E-state index contributed by atoms with van der Waals surface area (Å²) in [6.07, 6.45) is 5.96. The van der Waals surface area contributed by atoms with Gasteiger partial charge in [-0.15, -0.1) is 0 Å². The van der Waals surface area contributed by atoms with Crippen molar-refractivity contribution in [3.05, 3.63) is 124 Å². The quantitative estimate of drug-likeness (QED) is 0.165. The predicted molar refractivity (Wildman–Crippen MR) is 156 cm³/mol. The van der Waals surface area contributed by atoms with E-state index in [1.165, 1.54) is 36.0 Å². The smallest absolute Gasteiger partial charge is 0.326 e. The van der Waals surface area contributed by atoms with Crippen molar-refractivity contribution in [2.24, 2.45) is 0 Å². The number of halogens is 2. The number of aliphatic carboxylic acids is 1. The first-order valence-corrected chi connectivity index (χ1v) is 14.6. The summed E-state index contributed by atoms with van der Waals surface area (Å²) in [7, 11) is 0. The first kappa shape index (κ1) is 30.0. The Balaban J connectivity index is 1.54. The van der Waals surface area contributed by atoms with Gasteiger partial charge in [0.15, 0.2) is 0 Å². The molecule has 7 nitrogen and oxygen atoms in total. The van der Waals surface area contributed by atoms with Gasteiger partial charge in [0, 0.05) is 31.0 Å². The second-order valence-electron chi connectivity index (χ2n) is 9.65. The number of hydrogen-bond donors (Lipinski definition) is 4. The van der Waals surface area contributed by atoms with Crippen LogP contribution < -0.4 is 10.6 Å². The number of rotatable bonds is 14. The van der Waals surface area contributed by atoms with Crippen LogP contribution in [0, 0.1) is 11.6 Å². The third-order valence-corrected chi connectivity index (χ3v) is 7.38. The normalized spacial score (nSPS) is 12.6. The van der Waals surface area contributed by atoms with Crippen LogP contribution in [0.5, 0.6) is 0 Å². The number of carboxylic acid groups (broad SMARTS) is 1. The Morgan fingerprint density at radius 1 is 1.00 bits per heavy atom. The summed E-state index contributed by atoms with van der Waals surface area (Å²) >= 11 is 1.51. The summed E-state index contributed by atoms with van der Waals surface area (Å²) in [4.78, 5) is 32.7. The van der Waals surface area contributed by atoms with Crippen LogP contribution in [0.4, 0.5) is 8.78 Å². The molecule has 1 heterocycles. The number of carbonyl (C=O) groups is 2. The minimum Gasteiger partial charge on any atom is -0.480 e. The van der Waals surface area contributed by atoms with E-state index in [0.29, 0.717) is 42.8 Å². The van der Waals surface area contributed by atoms with E-state index in [-0.39, 0.29) is 17.6 Å². The first-order chi connectivity index (χ1) is 19.8. The summed E-state index contributed by atoms with van der Waals surface area (Å²) in [5.74, 6) is -1.05. The number of carbonyl (C=O) groups excluding carboxylic acids is 1. The van der Waals surface area contributed by atoms with Crippen molar-refractivity contribution in [3.63, 3.8) is 0 Å². The predicted octanol–water partition coefficient (Wildman–Crippen LogP) is 5.14. The van der Waals surface area contributed by atoms with Crippen LogP contribution in [0.15, 0.2) is 79.1 Å². The summed E-state index contributed by atoms with van der Waals surface area (Å²) in [5.41, 5.74) is 3.61. The molecule has 0 radical (unpaired) electrons. The molecule has 2 atom stereocenters. The molecule has 4 aromatic rings. The average Bonchev–Trinajstić information content (AvgIpc) is 3.50. The molecule has 1 aromatic heterocycles. The molecule has 3 aromatic carbocycles. The molecule has 41 heavy (non-hydrogen) atoms. The van der Waals surface area contributed by atoms with Crippen molar-refractivity contribution in [1.82, 2.24) is 20.6 Å². The number of H-pyrrole nitrogens is 1. The highest BCUT2D eigenvalue weighted by Crippen LogP contribution is 2.22. The standard InChI is InChI=1S/C31H32F2N4O3S/c1-41-15-12-28(31(39)40)37-30(38)26-17-21(2-5-23(26)16-20-3-8-24(32)9-4-20)18-34-19-27(29-35-13-14-36-29)22-6-10-25(33)11-7-22/h2-11,13-14,17,27-28,34H,12,15-16,18-19H2,1H3,(H,35,36)(H,37,38)(H,39,40)/t27?,28-/m0/s1. The Kier molecular flexibility index (Phi) is 10.6. The van der Waals surface area contributed by atoms with Crippen molar-refractivity contribution >= 4 is 23.6 Å². The zero-order chi connectivity index (χ0) is 29.2. The van der Waals surface area contributed by atoms with Crippen molar-refractivity contribution in [1.29, 1.82) is 0 Å². The molecule has 0 fully saturated rings. The molecule has 214 valence electrons. The largest absolute Gasteiger partial charge is 0.480 e. The number of thioether (sulfide) groups is 1. The number of amides is 1. The van der Waals surface area contributed by atoms with Crippen molar-refractivity contribution in [2.45, 2.75) is 31.3 Å². The van der Waals surface area contributed by atoms with Crippen LogP contribution in [0.3, 0.4) is 0 Å². The zero-order valence-corrected chi connectivity index (χ0v) is 23.4. The van der Waals surface area contributed by atoms with E-state index < -0.39 is 17.9 Å². The second kappa shape index (κ2) is 14.6. The average molecular weight is 579 g/mol. The molecule has 0 aliphatic rings. The Morgan fingerprint density at radius 2 is 1.68 bits per heavy atom. The maximum Gasteiger partial charge on any atom is 0.326 e. The topological polar surface area (TPSA) is 107 Å². The molecule has 4 rings (SSSR count). The maximum atomic E-state index is 13.5. The lowest BCUT2D eigenvalue weighted by atomic mass is 9.96. The fourth-order valence-electron chi connectivity index (χ4n) is 4.55. The van der Waals surface area contributed by atoms with Crippen molar-refractivity contribution < 1.29 is 23.5 Å². The molecule has 0 aliphatic heterocycles. The van der Waals surface area contributed by atoms with Gasteiger partial charge in [-0.1, -0.05) is 36.4 Å². The van der Waals surface area contributed by atoms with Crippen LogP contribution in [0.25, 0.3) is 0 Å². The summed E-state index contributed by atoms with van der Waals surface area (Å²) in [6.45, 7) is 0.915. The van der Waals surface area contributed by atoms with E-state index >= 15 is 0 Å². The lowest BCUT2D eigenvalue weighted by Gasteiger charge is -2.18. The number of nitrogens with zero attached hydrogens (tertiary/aromatic N) is 1. The van der Waals surface area contributed by atoms with E-state index in [2.05, 4.69) is 20.6 Å². The number of nitrogens with one attached hydrogen (secondary N) is 3. The highest BCUT2D eigenvalue weighted by molar-refractivity contribution is 7.98. The Bertz CT molecular complexity index is 1430. The Labute approximate surface area is 241 Å². The van der Waals surface area contributed by atoms with E-state index in [1.54, 1.807) is 42.7 Å². The van der Waals surface area contributed by atoms with Gasteiger partial charge < -0.3 is 20.7 Å². The third kappa shape index (κ3) is 8.48. The number of hydrogen-bond acceptors (Lipinski definition) is 5. The van der Waals surface area contributed by atoms with E-state index in [1.807, 2.05) is 18.4 Å². The number of carboxylic acids is 1. The van der Waals surface area contributed by atoms with Gasteiger partial charge in [0.2, 0.25) is 0 Å². The first-order valence-electron chi connectivity index (χ1n) is 13.2. The van der Waals surface area contributed by atoms with Gasteiger partial charge >= 0.3 is 5.97 Å². The fraction of sp³-hybridized carbons (Fsp3) is 0.258. The van der Waals surface area contributed by atoms with Gasteiger partial charge in [0.25, 0.3) is 5.91 Å². The molecule has 1 unspecified atom stereocenters. The van der Waals surface area contributed by atoms with Crippen LogP contribution in [0.2, 0.25) is 0 Å². The van der Waals surface area contributed by atoms with Gasteiger partial charge in [-0.25, -0.2) is 18.6 Å². The Morgan fingerprint density at radius 3 is 2.32 bits per heavy atom. The highest BCUT2D eigenvalue weighted by atomic mass is 32.2. The van der Waals surface area contributed by atoms with Crippen molar-refractivity contribution in [2.75, 3.05) is 18.6 Å². The van der Waals surface area contributed by atoms with Gasteiger partial charge in [-0.3, -0.25) is 4.79 Å². The zero-order valence-electron chi connectivity index (χ0n) is 22.6.